The number of hydrogen-bond donors (Lipinski definition) is 2. The lowest BCUT2D eigenvalue weighted by Crippen LogP contribution is -2.43. The maximum absolute atomic E-state index is 12.9. The van der Waals surface area contributed by atoms with Gasteiger partial charge in [-0.1, -0.05) is 12.1 Å². The van der Waals surface area contributed by atoms with Crippen molar-refractivity contribution in [3.63, 3.8) is 0 Å². The number of rotatable bonds is 4. The third-order valence-electron chi connectivity index (χ3n) is 2.90. The van der Waals surface area contributed by atoms with Gasteiger partial charge < -0.3 is 11.1 Å². The molecule has 1 aliphatic carbocycles. The van der Waals surface area contributed by atoms with Gasteiger partial charge in [0.25, 0.3) is 0 Å². The Morgan fingerprint density at radius 2 is 2.25 bits per heavy atom. The Kier molecular flexibility index (Phi) is 2.92. The molecule has 0 aromatic heterocycles. The Hall–Kier alpha value is -1.42. The van der Waals surface area contributed by atoms with Gasteiger partial charge in [0.2, 0.25) is 5.91 Å². The molecule has 1 fully saturated rings. The Morgan fingerprint density at radius 3 is 2.81 bits per heavy atom. The normalized spacial score (nSPS) is 16.9. The molecule has 1 aromatic carbocycles. The molecular formula is C12H15FN2O. The predicted octanol–water partition coefficient (Wildman–Crippen LogP) is 0.976. The van der Waals surface area contributed by atoms with Gasteiger partial charge in [-0.25, -0.2) is 4.39 Å². The highest BCUT2D eigenvalue weighted by Crippen LogP contribution is 2.33. The SMILES string of the molecule is NCC1(NC(=O)Cc2cccc(F)c2)CC1. The van der Waals surface area contributed by atoms with E-state index in [9.17, 15) is 9.18 Å². The number of carbonyl (C=O) groups is 1. The van der Waals surface area contributed by atoms with E-state index < -0.39 is 0 Å². The molecule has 4 heteroatoms. The number of nitrogens with one attached hydrogen (secondary N) is 1. The molecule has 0 unspecified atom stereocenters. The van der Waals surface area contributed by atoms with Gasteiger partial charge in [-0.3, -0.25) is 4.79 Å². The van der Waals surface area contributed by atoms with Crippen molar-refractivity contribution < 1.29 is 9.18 Å². The zero-order valence-electron chi connectivity index (χ0n) is 9.00. The van der Waals surface area contributed by atoms with Crippen LogP contribution in [-0.2, 0) is 11.2 Å². The zero-order chi connectivity index (χ0) is 11.6. The zero-order valence-corrected chi connectivity index (χ0v) is 9.00. The van der Waals surface area contributed by atoms with E-state index in [1.165, 1.54) is 12.1 Å². The molecule has 0 radical (unpaired) electrons. The van der Waals surface area contributed by atoms with Gasteiger partial charge in [-0.05, 0) is 30.5 Å². The summed E-state index contributed by atoms with van der Waals surface area (Å²) in [5.74, 6) is -0.404. The molecule has 0 aliphatic heterocycles. The highest BCUT2D eigenvalue weighted by atomic mass is 19.1. The van der Waals surface area contributed by atoms with Crippen LogP contribution in [-0.4, -0.2) is 18.0 Å². The number of benzene rings is 1. The molecule has 1 saturated carbocycles. The molecule has 2 rings (SSSR count). The van der Waals surface area contributed by atoms with E-state index in [-0.39, 0.29) is 23.7 Å². The summed E-state index contributed by atoms with van der Waals surface area (Å²) in [5, 5.41) is 2.90. The molecule has 0 bridgehead atoms. The van der Waals surface area contributed by atoms with Crippen molar-refractivity contribution in [3.8, 4) is 0 Å². The van der Waals surface area contributed by atoms with Crippen LogP contribution in [0.15, 0.2) is 24.3 Å². The molecule has 0 atom stereocenters. The molecule has 16 heavy (non-hydrogen) atoms. The molecule has 0 heterocycles. The first-order chi connectivity index (χ1) is 7.63. The van der Waals surface area contributed by atoms with Crippen molar-refractivity contribution in [1.82, 2.24) is 5.32 Å². The fourth-order valence-corrected chi connectivity index (χ4v) is 1.70. The van der Waals surface area contributed by atoms with Crippen molar-refractivity contribution in [2.75, 3.05) is 6.54 Å². The van der Waals surface area contributed by atoms with Gasteiger partial charge in [0.05, 0.1) is 12.0 Å². The van der Waals surface area contributed by atoms with Gasteiger partial charge in [0.15, 0.2) is 0 Å². The third-order valence-corrected chi connectivity index (χ3v) is 2.90. The van der Waals surface area contributed by atoms with Crippen molar-refractivity contribution in [3.05, 3.63) is 35.6 Å². The van der Waals surface area contributed by atoms with Crippen LogP contribution in [0, 0.1) is 5.82 Å². The van der Waals surface area contributed by atoms with Crippen LogP contribution in [0.3, 0.4) is 0 Å². The highest BCUT2D eigenvalue weighted by Gasteiger charge is 2.42. The van der Waals surface area contributed by atoms with Gasteiger partial charge in [-0.15, -0.1) is 0 Å². The largest absolute Gasteiger partial charge is 0.349 e. The monoisotopic (exact) mass is 222 g/mol. The quantitative estimate of drug-likeness (QED) is 0.797. The summed E-state index contributed by atoms with van der Waals surface area (Å²) < 4.78 is 12.9. The van der Waals surface area contributed by atoms with E-state index in [0.717, 1.165) is 12.8 Å². The average Bonchev–Trinajstić information content (AvgIpc) is 2.98. The van der Waals surface area contributed by atoms with Crippen LogP contribution >= 0.6 is 0 Å². The summed E-state index contributed by atoms with van der Waals surface area (Å²) in [6, 6.07) is 6.09. The Bertz CT molecular complexity index is 402. The second-order valence-corrected chi connectivity index (χ2v) is 4.34. The van der Waals surface area contributed by atoms with Gasteiger partial charge in [-0.2, -0.15) is 0 Å². The fourth-order valence-electron chi connectivity index (χ4n) is 1.70. The second-order valence-electron chi connectivity index (χ2n) is 4.34. The maximum Gasteiger partial charge on any atom is 0.224 e. The van der Waals surface area contributed by atoms with E-state index in [0.29, 0.717) is 12.1 Å². The number of amides is 1. The lowest BCUT2D eigenvalue weighted by molar-refractivity contribution is -0.121. The van der Waals surface area contributed by atoms with Crippen molar-refractivity contribution in [2.45, 2.75) is 24.8 Å². The van der Waals surface area contributed by atoms with Crippen LogP contribution in [0.1, 0.15) is 18.4 Å². The first-order valence-electron chi connectivity index (χ1n) is 5.39. The van der Waals surface area contributed by atoms with Crippen LogP contribution in [0.5, 0.6) is 0 Å². The molecule has 0 spiro atoms. The van der Waals surface area contributed by atoms with Crippen molar-refractivity contribution >= 4 is 5.91 Å². The van der Waals surface area contributed by atoms with Crippen LogP contribution in [0.4, 0.5) is 4.39 Å². The second kappa shape index (κ2) is 4.22. The number of carbonyl (C=O) groups excluding carboxylic acids is 1. The van der Waals surface area contributed by atoms with Crippen molar-refractivity contribution in [2.24, 2.45) is 5.73 Å². The third kappa shape index (κ3) is 2.58. The maximum atomic E-state index is 12.9. The molecule has 3 nitrogen and oxygen atoms in total. The van der Waals surface area contributed by atoms with E-state index in [1.807, 2.05) is 0 Å². The number of nitrogens with two attached hydrogens (primary N) is 1. The van der Waals surface area contributed by atoms with Gasteiger partial charge in [0.1, 0.15) is 5.82 Å². The highest BCUT2D eigenvalue weighted by molar-refractivity contribution is 5.79. The average molecular weight is 222 g/mol. The molecule has 1 amide bonds. The predicted molar refractivity (Wildman–Crippen MR) is 59.3 cm³/mol. The lowest BCUT2D eigenvalue weighted by atomic mass is 10.1. The smallest absolute Gasteiger partial charge is 0.224 e. The molecule has 0 saturated heterocycles. The molecular weight excluding hydrogens is 207 g/mol. The number of hydrogen-bond acceptors (Lipinski definition) is 2. The molecule has 1 aromatic rings. The summed E-state index contributed by atoms with van der Waals surface area (Å²) >= 11 is 0. The topological polar surface area (TPSA) is 55.1 Å². The molecule has 1 aliphatic rings. The summed E-state index contributed by atoms with van der Waals surface area (Å²) in [6.45, 7) is 0.474. The summed E-state index contributed by atoms with van der Waals surface area (Å²) in [4.78, 5) is 11.6. The van der Waals surface area contributed by atoms with Crippen LogP contribution in [0.2, 0.25) is 0 Å². The van der Waals surface area contributed by atoms with Crippen LogP contribution in [0.25, 0.3) is 0 Å². The van der Waals surface area contributed by atoms with E-state index in [4.69, 9.17) is 5.73 Å². The molecule has 3 N–H and O–H groups in total. The van der Waals surface area contributed by atoms with E-state index in [2.05, 4.69) is 5.32 Å². The summed E-state index contributed by atoms with van der Waals surface area (Å²) in [5.41, 5.74) is 6.07. The van der Waals surface area contributed by atoms with E-state index >= 15 is 0 Å². The minimum atomic E-state index is -0.315. The summed E-state index contributed by atoms with van der Waals surface area (Å²) in [7, 11) is 0. The Morgan fingerprint density at radius 1 is 1.50 bits per heavy atom. The van der Waals surface area contributed by atoms with E-state index in [1.54, 1.807) is 12.1 Å². The Balaban J connectivity index is 1.92. The number of halogens is 1. The standard InChI is InChI=1S/C12H15FN2O/c13-10-3-1-2-9(6-10)7-11(16)15-12(8-14)4-5-12/h1-3,6H,4-5,7-8,14H2,(H,15,16). The fraction of sp³-hybridized carbons (Fsp3) is 0.417. The Labute approximate surface area is 93.8 Å². The van der Waals surface area contributed by atoms with Crippen molar-refractivity contribution in [1.29, 1.82) is 0 Å². The lowest BCUT2D eigenvalue weighted by Gasteiger charge is -2.14. The van der Waals surface area contributed by atoms with Crippen LogP contribution < -0.4 is 11.1 Å². The van der Waals surface area contributed by atoms with Gasteiger partial charge in [0, 0.05) is 6.54 Å². The van der Waals surface area contributed by atoms with Gasteiger partial charge >= 0.3 is 0 Å². The first-order valence-corrected chi connectivity index (χ1v) is 5.39. The summed E-state index contributed by atoms with van der Waals surface area (Å²) in [6.07, 6.45) is 2.09. The minimum Gasteiger partial charge on any atom is -0.349 e. The first kappa shape index (κ1) is 11.1. The minimum absolute atomic E-state index is 0.0893. The molecule has 86 valence electrons.